The van der Waals surface area contributed by atoms with Crippen molar-refractivity contribution in [1.29, 1.82) is 0 Å². The quantitative estimate of drug-likeness (QED) is 0.161. The van der Waals surface area contributed by atoms with Crippen LogP contribution >= 0.6 is 34.0 Å². The highest BCUT2D eigenvalue weighted by atomic mass is 32.1. The predicted octanol–water partition coefficient (Wildman–Crippen LogP) is 7.68. The van der Waals surface area contributed by atoms with Gasteiger partial charge in [0.25, 0.3) is 11.4 Å². The smallest absolute Gasteiger partial charge is 0.326 e. The number of imidazole rings is 1. The van der Waals surface area contributed by atoms with E-state index >= 15 is 0 Å². The Bertz CT molecular complexity index is 3810. The van der Waals surface area contributed by atoms with Crippen LogP contribution < -0.4 is 32.1 Å². The number of benzene rings is 3. The molecule has 0 amide bonds. The second-order valence-electron chi connectivity index (χ2n) is 17.8. The topological polar surface area (TPSA) is 67.7 Å². The molecule has 9 heterocycles. The SMILES string of the molecule is C[n+]1c(-c2sc3ccccc3[n+]2C)cccc1-n1ccc[n+]1C.Cc1cc(-c2cccc(-c3sc4ccccc4[n+]3C)[n+]2C)n(C)n1.Cc1ncc(-c2cccc(-c3sc4ccccc4[n+]3C)[n+]2C)n1C. The van der Waals surface area contributed by atoms with Crippen molar-refractivity contribution in [2.75, 3.05) is 0 Å². The van der Waals surface area contributed by atoms with Crippen molar-refractivity contribution in [3.8, 4) is 60.7 Å². The molecule has 0 saturated carbocycles. The van der Waals surface area contributed by atoms with Gasteiger partial charge in [-0.3, -0.25) is 4.68 Å². The molecule has 71 heavy (non-hydrogen) atoms. The van der Waals surface area contributed by atoms with Gasteiger partial charge in [-0.2, -0.15) is 27.9 Å². The van der Waals surface area contributed by atoms with E-state index in [1.54, 1.807) is 0 Å². The number of rotatable bonds is 6. The number of fused-ring (bicyclic) bond motifs is 3. The highest BCUT2D eigenvalue weighted by Crippen LogP contribution is 2.30. The molecule has 9 aromatic heterocycles. The van der Waals surface area contributed by atoms with Gasteiger partial charge in [-0.15, -0.1) is 0 Å². The Morgan fingerprint density at radius 3 is 1.30 bits per heavy atom. The van der Waals surface area contributed by atoms with Gasteiger partial charge in [0.05, 0.1) is 25.0 Å². The lowest BCUT2D eigenvalue weighted by molar-refractivity contribution is -0.764. The Balaban J connectivity index is 0.000000123. The third-order valence-electron chi connectivity index (χ3n) is 13.4. The maximum Gasteiger partial charge on any atom is 0.342 e. The minimum absolute atomic E-state index is 1.02. The highest BCUT2D eigenvalue weighted by molar-refractivity contribution is 7.21. The first-order valence-corrected chi connectivity index (χ1v) is 25.9. The van der Waals surface area contributed by atoms with Gasteiger partial charge in [0.15, 0.2) is 13.2 Å². The fourth-order valence-corrected chi connectivity index (χ4v) is 13.0. The number of aromatic nitrogens is 12. The van der Waals surface area contributed by atoms with Crippen molar-refractivity contribution in [2.45, 2.75) is 13.8 Å². The van der Waals surface area contributed by atoms with Crippen LogP contribution in [-0.4, -0.2) is 24.0 Å². The van der Waals surface area contributed by atoms with E-state index in [4.69, 9.17) is 0 Å². The number of pyridine rings is 3. The lowest BCUT2D eigenvalue weighted by Gasteiger charge is -2.04. The van der Waals surface area contributed by atoms with Crippen LogP contribution in [0.2, 0.25) is 0 Å². The second-order valence-corrected chi connectivity index (χ2v) is 20.9. The van der Waals surface area contributed by atoms with E-state index < -0.39 is 0 Å². The standard InChI is InChI=1S/2C19H20N4S.C18H19N4S/c1-13-20-12-17(21(13)2)14-9-7-10-16(22(14)3)19-23(4)15-8-5-6-11-18(15)24-19;1-13-12-17(23(4)20-13)14-9-7-10-16(21(14)2)19-22(3)15-8-5-6-11-18(15)24-19;1-19-12-7-13-22(19)17-11-6-9-15(20(17)2)18-21(3)14-8-4-5-10-16(14)23-18/h2*5-12H,1-4H3;4-13H,1-3H3/q2*+2;+3. The summed E-state index contributed by atoms with van der Waals surface area (Å²) in [7, 11) is 18.9. The fraction of sp³-hybridized carbons (Fsp3) is 0.196. The van der Waals surface area contributed by atoms with Crippen LogP contribution in [0, 0.1) is 13.8 Å². The third-order valence-corrected chi connectivity index (χ3v) is 17.1. The first-order chi connectivity index (χ1) is 34.3. The van der Waals surface area contributed by atoms with Gasteiger partial charge in [-0.05, 0) is 67.1 Å². The Labute approximate surface area is 426 Å². The molecule has 0 aliphatic carbocycles. The summed E-state index contributed by atoms with van der Waals surface area (Å²) in [6.45, 7) is 4.05. The lowest BCUT2D eigenvalue weighted by atomic mass is 10.2. The number of hydrogen-bond donors (Lipinski definition) is 0. The largest absolute Gasteiger partial charge is 0.342 e. The molecule has 0 fully saturated rings. The van der Waals surface area contributed by atoms with Gasteiger partial charge >= 0.3 is 20.8 Å². The molecule has 0 bridgehead atoms. The Kier molecular flexibility index (Phi) is 12.8. The molecule has 0 unspecified atom stereocenters. The summed E-state index contributed by atoms with van der Waals surface area (Å²) in [6, 6.07) is 49.1. The summed E-state index contributed by atoms with van der Waals surface area (Å²) >= 11 is 5.48. The zero-order chi connectivity index (χ0) is 49.7. The number of thiazole rings is 3. The van der Waals surface area contributed by atoms with Crippen LogP contribution in [0.15, 0.2) is 158 Å². The van der Waals surface area contributed by atoms with Gasteiger partial charge in [0.2, 0.25) is 39.8 Å². The van der Waals surface area contributed by atoms with Crippen molar-refractivity contribution in [3.05, 3.63) is 170 Å². The highest BCUT2D eigenvalue weighted by Gasteiger charge is 2.31. The number of hydrogen-bond acceptors (Lipinski definition) is 5. The van der Waals surface area contributed by atoms with E-state index in [-0.39, 0.29) is 0 Å². The van der Waals surface area contributed by atoms with Crippen molar-refractivity contribution < 1.29 is 32.1 Å². The van der Waals surface area contributed by atoms with E-state index in [0.717, 1.165) is 40.1 Å². The summed E-state index contributed by atoms with van der Waals surface area (Å²) in [4.78, 5) is 4.44. The van der Waals surface area contributed by atoms with E-state index in [1.807, 2.05) is 85.1 Å². The normalized spacial score (nSPS) is 11.3. The van der Waals surface area contributed by atoms with Crippen LogP contribution in [0.1, 0.15) is 11.5 Å². The van der Waals surface area contributed by atoms with E-state index in [9.17, 15) is 0 Å². The van der Waals surface area contributed by atoms with Crippen LogP contribution in [0.25, 0.3) is 91.3 Å². The van der Waals surface area contributed by atoms with Crippen molar-refractivity contribution >= 4 is 64.7 Å². The van der Waals surface area contributed by atoms with Crippen LogP contribution in [0.4, 0.5) is 0 Å². The molecule has 12 rings (SSSR count). The summed E-state index contributed by atoms with van der Waals surface area (Å²) in [5, 5.41) is 8.24. The van der Waals surface area contributed by atoms with E-state index in [0.29, 0.717) is 0 Å². The zero-order valence-corrected chi connectivity index (χ0v) is 44.6. The molecule has 0 radical (unpaired) electrons. The molecule has 354 valence electrons. The predicted molar refractivity (Wildman–Crippen MR) is 283 cm³/mol. The molecule has 12 aromatic rings. The van der Waals surface area contributed by atoms with Gasteiger partial charge in [0.1, 0.15) is 66.6 Å². The molecule has 0 spiro atoms. The van der Waals surface area contributed by atoms with Gasteiger partial charge < -0.3 is 4.57 Å². The second kappa shape index (κ2) is 19.3. The summed E-state index contributed by atoms with van der Waals surface area (Å²) in [6.07, 6.45) is 6.06. The number of nitrogens with zero attached hydrogens (tertiary/aromatic N) is 12. The molecule has 0 N–H and O–H groups in total. The molecule has 0 atom stereocenters. The van der Waals surface area contributed by atoms with Crippen molar-refractivity contribution in [1.82, 2.24) is 24.0 Å². The number of aryl methyl sites for hydroxylation is 7. The monoisotopic (exact) mass is 995 g/mol. The molecule has 0 aliphatic rings. The molecular weight excluding hydrogens is 937 g/mol. The van der Waals surface area contributed by atoms with Crippen LogP contribution in [-0.2, 0) is 63.4 Å². The molecule has 0 saturated heterocycles. The zero-order valence-electron chi connectivity index (χ0n) is 42.1. The van der Waals surface area contributed by atoms with Crippen molar-refractivity contribution in [3.63, 3.8) is 0 Å². The van der Waals surface area contributed by atoms with E-state index in [1.165, 1.54) is 62.8 Å². The summed E-state index contributed by atoms with van der Waals surface area (Å²) in [5.74, 6) is 2.15. The van der Waals surface area contributed by atoms with E-state index in [2.05, 4.69) is 240 Å². The molecular formula is C56H59N12S3+7. The number of para-hydroxylation sites is 3. The maximum atomic E-state index is 4.48. The van der Waals surface area contributed by atoms with Gasteiger partial charge in [-0.25, -0.2) is 9.55 Å². The third kappa shape index (κ3) is 8.63. The lowest BCUT2D eigenvalue weighted by Crippen LogP contribution is -2.46. The molecule has 3 aromatic carbocycles. The minimum Gasteiger partial charge on any atom is -0.326 e. The van der Waals surface area contributed by atoms with Crippen molar-refractivity contribution in [2.24, 2.45) is 63.4 Å². The fourth-order valence-electron chi connectivity index (χ4n) is 9.36. The maximum absolute atomic E-state index is 4.48. The molecule has 0 aliphatic heterocycles. The summed E-state index contributed by atoms with van der Waals surface area (Å²) < 4.78 is 25.8. The minimum atomic E-state index is 1.02. The average molecular weight is 996 g/mol. The van der Waals surface area contributed by atoms with Gasteiger partial charge in [-0.1, -0.05) is 70.4 Å². The molecule has 15 heteroatoms. The first kappa shape index (κ1) is 47.1. The Morgan fingerprint density at radius 1 is 0.451 bits per heavy atom. The van der Waals surface area contributed by atoms with Crippen LogP contribution in [0.5, 0.6) is 0 Å². The molecule has 12 nitrogen and oxygen atoms in total. The first-order valence-electron chi connectivity index (χ1n) is 23.4. The Morgan fingerprint density at radius 2 is 0.887 bits per heavy atom. The Hall–Kier alpha value is -7.59. The average Bonchev–Trinajstić information content (AvgIpc) is 4.24. The van der Waals surface area contributed by atoms with Crippen LogP contribution in [0.3, 0.4) is 0 Å². The summed E-state index contributed by atoms with van der Waals surface area (Å²) in [5.41, 5.74) is 13.0. The van der Waals surface area contributed by atoms with Gasteiger partial charge in [0, 0.05) is 67.3 Å².